The predicted molar refractivity (Wildman–Crippen MR) is 95.1 cm³/mol. The van der Waals surface area contributed by atoms with E-state index in [4.69, 9.17) is 4.74 Å². The number of pyridine rings is 1. The lowest BCUT2D eigenvalue weighted by Crippen LogP contribution is -2.39. The van der Waals surface area contributed by atoms with Gasteiger partial charge in [0, 0.05) is 26.2 Å². The molecule has 130 valence electrons. The Morgan fingerprint density at radius 3 is 2.75 bits per heavy atom. The van der Waals surface area contributed by atoms with E-state index in [0.29, 0.717) is 5.69 Å². The van der Waals surface area contributed by atoms with Crippen LogP contribution in [-0.4, -0.2) is 57.7 Å². The van der Waals surface area contributed by atoms with Gasteiger partial charge >= 0.3 is 0 Å². The van der Waals surface area contributed by atoms with Gasteiger partial charge in [0.15, 0.2) is 0 Å². The van der Waals surface area contributed by atoms with Gasteiger partial charge in [0.1, 0.15) is 10.0 Å². The molecule has 0 bridgehead atoms. The van der Waals surface area contributed by atoms with Crippen LogP contribution in [0.4, 0.5) is 11.5 Å². The van der Waals surface area contributed by atoms with Crippen molar-refractivity contribution in [2.24, 2.45) is 0 Å². The molecule has 1 fully saturated rings. The van der Waals surface area contributed by atoms with Crippen LogP contribution in [0.5, 0.6) is 0 Å². The summed E-state index contributed by atoms with van der Waals surface area (Å²) in [5, 5.41) is 4.97. The van der Waals surface area contributed by atoms with Gasteiger partial charge in [0.25, 0.3) is 10.0 Å². The van der Waals surface area contributed by atoms with Crippen molar-refractivity contribution in [3.8, 4) is 0 Å². The Balaban J connectivity index is 1.50. The summed E-state index contributed by atoms with van der Waals surface area (Å²) in [4.78, 5) is 6.58. The summed E-state index contributed by atoms with van der Waals surface area (Å²) >= 11 is 1.18. The lowest BCUT2D eigenvalue weighted by Gasteiger charge is -2.26. The maximum Gasteiger partial charge on any atom is 0.271 e. The van der Waals surface area contributed by atoms with Gasteiger partial charge < -0.3 is 10.1 Å². The van der Waals surface area contributed by atoms with Crippen LogP contribution in [0.15, 0.2) is 40.1 Å². The molecule has 2 N–H and O–H groups in total. The van der Waals surface area contributed by atoms with Crippen molar-refractivity contribution in [1.29, 1.82) is 0 Å². The predicted octanol–water partition coefficient (Wildman–Crippen LogP) is 1.69. The van der Waals surface area contributed by atoms with Crippen molar-refractivity contribution in [2.45, 2.75) is 4.21 Å². The topological polar surface area (TPSA) is 83.6 Å². The SMILES string of the molecule is O=S(=O)(Nc1ccc(NCCN2CCOCC2)nc1)c1cccs1. The Morgan fingerprint density at radius 2 is 2.08 bits per heavy atom. The third-order valence-corrected chi connectivity index (χ3v) is 6.39. The van der Waals surface area contributed by atoms with Gasteiger partial charge in [-0.3, -0.25) is 9.62 Å². The monoisotopic (exact) mass is 368 g/mol. The first-order valence-electron chi connectivity index (χ1n) is 7.70. The van der Waals surface area contributed by atoms with Gasteiger partial charge in [-0.15, -0.1) is 11.3 Å². The Morgan fingerprint density at radius 1 is 1.25 bits per heavy atom. The van der Waals surface area contributed by atoms with E-state index in [-0.39, 0.29) is 4.21 Å². The summed E-state index contributed by atoms with van der Waals surface area (Å²) in [6.45, 7) is 5.21. The molecule has 24 heavy (non-hydrogen) atoms. The molecular formula is C15H20N4O3S2. The molecule has 1 saturated heterocycles. The van der Waals surface area contributed by atoms with Crippen LogP contribution < -0.4 is 10.0 Å². The fourth-order valence-electron chi connectivity index (χ4n) is 2.35. The molecule has 0 spiro atoms. The van der Waals surface area contributed by atoms with E-state index in [1.807, 2.05) is 0 Å². The molecule has 3 rings (SSSR count). The van der Waals surface area contributed by atoms with Crippen molar-refractivity contribution in [3.63, 3.8) is 0 Å². The van der Waals surface area contributed by atoms with Crippen molar-refractivity contribution < 1.29 is 13.2 Å². The summed E-state index contributed by atoms with van der Waals surface area (Å²) in [7, 11) is -3.52. The fourth-order valence-corrected chi connectivity index (χ4v) is 4.38. The summed E-state index contributed by atoms with van der Waals surface area (Å²) in [6, 6.07) is 6.75. The largest absolute Gasteiger partial charge is 0.379 e. The molecule has 0 radical (unpaired) electrons. The highest BCUT2D eigenvalue weighted by molar-refractivity contribution is 7.94. The van der Waals surface area contributed by atoms with E-state index in [9.17, 15) is 8.42 Å². The second kappa shape index (κ2) is 7.93. The van der Waals surface area contributed by atoms with Crippen molar-refractivity contribution in [2.75, 3.05) is 49.4 Å². The highest BCUT2D eigenvalue weighted by Crippen LogP contribution is 2.20. The van der Waals surface area contributed by atoms with E-state index < -0.39 is 10.0 Å². The molecule has 3 heterocycles. The van der Waals surface area contributed by atoms with E-state index in [1.54, 1.807) is 29.6 Å². The van der Waals surface area contributed by atoms with Crippen LogP contribution in [0, 0.1) is 0 Å². The number of nitrogens with one attached hydrogen (secondary N) is 2. The Kier molecular flexibility index (Phi) is 5.67. The van der Waals surface area contributed by atoms with Crippen molar-refractivity contribution in [1.82, 2.24) is 9.88 Å². The van der Waals surface area contributed by atoms with E-state index in [0.717, 1.165) is 45.2 Å². The first kappa shape index (κ1) is 17.2. The average Bonchev–Trinajstić information content (AvgIpc) is 3.13. The number of sulfonamides is 1. The van der Waals surface area contributed by atoms with Gasteiger partial charge in [-0.1, -0.05) is 6.07 Å². The van der Waals surface area contributed by atoms with Crippen LogP contribution in [-0.2, 0) is 14.8 Å². The third kappa shape index (κ3) is 4.67. The molecule has 7 nitrogen and oxygen atoms in total. The molecule has 0 unspecified atom stereocenters. The molecule has 2 aromatic rings. The number of nitrogens with zero attached hydrogens (tertiary/aromatic N) is 2. The zero-order chi connectivity index (χ0) is 16.8. The summed E-state index contributed by atoms with van der Waals surface area (Å²) in [5.74, 6) is 0.724. The molecule has 1 aliphatic heterocycles. The van der Waals surface area contributed by atoms with Gasteiger partial charge in [-0.25, -0.2) is 13.4 Å². The number of hydrogen-bond acceptors (Lipinski definition) is 7. The Hall–Kier alpha value is -1.68. The third-order valence-electron chi connectivity index (χ3n) is 3.61. The number of aromatic nitrogens is 1. The van der Waals surface area contributed by atoms with E-state index in [2.05, 4.69) is 19.9 Å². The molecule has 0 saturated carbocycles. The van der Waals surface area contributed by atoms with Crippen molar-refractivity contribution >= 4 is 32.9 Å². The van der Waals surface area contributed by atoms with Crippen LogP contribution in [0.3, 0.4) is 0 Å². The number of rotatable bonds is 7. The number of hydrogen-bond donors (Lipinski definition) is 2. The first-order valence-corrected chi connectivity index (χ1v) is 10.1. The van der Waals surface area contributed by atoms with E-state index >= 15 is 0 Å². The first-order chi connectivity index (χ1) is 11.6. The van der Waals surface area contributed by atoms with Crippen LogP contribution in [0.2, 0.25) is 0 Å². The highest BCUT2D eigenvalue weighted by Gasteiger charge is 2.15. The molecule has 0 aliphatic carbocycles. The number of anilines is 2. The minimum atomic E-state index is -3.52. The van der Waals surface area contributed by atoms with Crippen molar-refractivity contribution in [3.05, 3.63) is 35.8 Å². The van der Waals surface area contributed by atoms with Gasteiger partial charge in [0.05, 0.1) is 25.1 Å². The summed E-state index contributed by atoms with van der Waals surface area (Å²) < 4.78 is 32.4. The second-order valence-electron chi connectivity index (χ2n) is 5.35. The number of ether oxygens (including phenoxy) is 1. The maximum atomic E-state index is 12.1. The van der Waals surface area contributed by atoms with Gasteiger partial charge in [-0.05, 0) is 23.6 Å². The molecular weight excluding hydrogens is 348 g/mol. The van der Waals surface area contributed by atoms with Crippen LogP contribution >= 0.6 is 11.3 Å². The lowest BCUT2D eigenvalue weighted by atomic mass is 10.4. The molecule has 1 aliphatic rings. The number of morpholine rings is 1. The second-order valence-corrected chi connectivity index (χ2v) is 8.21. The molecule has 0 aromatic carbocycles. The standard InChI is InChI=1S/C15H20N4O3S2/c20-24(21,15-2-1-11-23-15)18-13-3-4-14(17-12-13)16-5-6-19-7-9-22-10-8-19/h1-4,11-12,18H,5-10H2,(H,16,17). The normalized spacial score (nSPS) is 16.0. The number of thiophene rings is 1. The molecule has 0 amide bonds. The fraction of sp³-hybridized carbons (Fsp3) is 0.400. The van der Waals surface area contributed by atoms with Crippen LogP contribution in [0.25, 0.3) is 0 Å². The minimum absolute atomic E-state index is 0.287. The van der Waals surface area contributed by atoms with Crippen LogP contribution in [0.1, 0.15) is 0 Å². The lowest BCUT2D eigenvalue weighted by molar-refractivity contribution is 0.0398. The molecule has 9 heteroatoms. The molecule has 0 atom stereocenters. The smallest absolute Gasteiger partial charge is 0.271 e. The average molecular weight is 368 g/mol. The zero-order valence-corrected chi connectivity index (χ0v) is 14.8. The summed E-state index contributed by atoms with van der Waals surface area (Å²) in [6.07, 6.45) is 1.52. The van der Waals surface area contributed by atoms with Gasteiger partial charge in [-0.2, -0.15) is 0 Å². The maximum absolute atomic E-state index is 12.1. The highest BCUT2D eigenvalue weighted by atomic mass is 32.2. The molecule has 2 aromatic heterocycles. The Labute approximate surface area is 145 Å². The Bertz CT molecular complexity index is 727. The van der Waals surface area contributed by atoms with Gasteiger partial charge in [0.2, 0.25) is 0 Å². The van der Waals surface area contributed by atoms with E-state index in [1.165, 1.54) is 17.5 Å². The summed E-state index contributed by atoms with van der Waals surface area (Å²) in [5.41, 5.74) is 0.446. The quantitative estimate of drug-likeness (QED) is 0.774. The minimum Gasteiger partial charge on any atom is -0.379 e. The zero-order valence-electron chi connectivity index (χ0n) is 13.1.